The zero-order chi connectivity index (χ0) is 8.97. The molecule has 0 aliphatic heterocycles. The summed E-state index contributed by atoms with van der Waals surface area (Å²) in [6, 6.07) is 1.27. The molecule has 0 aromatic rings. The third-order valence-corrected chi connectivity index (χ3v) is 2.88. The van der Waals surface area contributed by atoms with Gasteiger partial charge in [0.05, 0.1) is 0 Å². The molecule has 0 aromatic heterocycles. The molecule has 0 bridgehead atoms. The Morgan fingerprint density at radius 1 is 1.33 bits per heavy atom. The summed E-state index contributed by atoms with van der Waals surface area (Å²) in [4.78, 5) is 0. The van der Waals surface area contributed by atoms with E-state index in [0.29, 0.717) is 12.1 Å². The van der Waals surface area contributed by atoms with E-state index in [1.165, 1.54) is 25.7 Å². The molecule has 1 aliphatic carbocycles. The Morgan fingerprint density at radius 3 is 2.25 bits per heavy atom. The average Bonchev–Trinajstić information content (AvgIpc) is 2.90. The lowest BCUT2D eigenvalue weighted by atomic mass is 10.1. The summed E-state index contributed by atoms with van der Waals surface area (Å²) < 4.78 is 0. The van der Waals surface area contributed by atoms with Crippen molar-refractivity contribution in [2.24, 2.45) is 11.7 Å². The number of nitrogens with two attached hydrogens (primary N) is 1. The molecule has 0 radical (unpaired) electrons. The van der Waals surface area contributed by atoms with Crippen molar-refractivity contribution in [3.05, 3.63) is 0 Å². The summed E-state index contributed by atoms with van der Waals surface area (Å²) in [5, 5.41) is 3.64. The van der Waals surface area contributed by atoms with Crippen LogP contribution in [0.3, 0.4) is 0 Å². The van der Waals surface area contributed by atoms with E-state index in [-0.39, 0.29) is 0 Å². The minimum absolute atomic E-state index is 0.592. The highest BCUT2D eigenvalue weighted by Gasteiger charge is 2.30. The first-order chi connectivity index (χ1) is 5.81. The summed E-state index contributed by atoms with van der Waals surface area (Å²) in [5.41, 5.74) is 5.71. The summed E-state index contributed by atoms with van der Waals surface area (Å²) in [5.74, 6) is 0.885. The second kappa shape index (κ2) is 4.83. The van der Waals surface area contributed by atoms with Crippen LogP contribution >= 0.6 is 0 Å². The van der Waals surface area contributed by atoms with E-state index < -0.39 is 0 Å². The van der Waals surface area contributed by atoms with Crippen molar-refractivity contribution in [3.63, 3.8) is 0 Å². The summed E-state index contributed by atoms with van der Waals surface area (Å²) in [7, 11) is 0. The third kappa shape index (κ3) is 2.76. The van der Waals surface area contributed by atoms with E-state index in [1.807, 2.05) is 0 Å². The molecule has 0 amide bonds. The van der Waals surface area contributed by atoms with Gasteiger partial charge < -0.3 is 11.1 Å². The molecule has 1 fully saturated rings. The Labute approximate surface area is 75.9 Å². The molecule has 12 heavy (non-hydrogen) atoms. The van der Waals surface area contributed by atoms with Crippen LogP contribution in [0, 0.1) is 5.92 Å². The molecule has 1 aliphatic rings. The van der Waals surface area contributed by atoms with Crippen LogP contribution in [-0.4, -0.2) is 18.6 Å². The Kier molecular flexibility index (Phi) is 4.02. The average molecular weight is 170 g/mol. The van der Waals surface area contributed by atoms with E-state index in [9.17, 15) is 0 Å². The zero-order valence-corrected chi connectivity index (χ0v) is 8.34. The van der Waals surface area contributed by atoms with Gasteiger partial charge in [0.2, 0.25) is 0 Å². The summed E-state index contributed by atoms with van der Waals surface area (Å²) in [6.45, 7) is 5.28. The smallest absolute Gasteiger partial charge is 0.0221 e. The van der Waals surface area contributed by atoms with E-state index in [2.05, 4.69) is 19.2 Å². The topological polar surface area (TPSA) is 38.0 Å². The van der Waals surface area contributed by atoms with Crippen LogP contribution in [0.25, 0.3) is 0 Å². The highest BCUT2D eigenvalue weighted by atomic mass is 15.0. The second-order valence-electron chi connectivity index (χ2n) is 3.86. The Balaban J connectivity index is 2.24. The van der Waals surface area contributed by atoms with Crippen molar-refractivity contribution in [1.29, 1.82) is 0 Å². The first-order valence-corrected chi connectivity index (χ1v) is 5.27. The molecule has 3 N–H and O–H groups in total. The molecule has 1 atom stereocenters. The van der Waals surface area contributed by atoms with Gasteiger partial charge in [0.1, 0.15) is 0 Å². The molecule has 2 nitrogen and oxygen atoms in total. The van der Waals surface area contributed by atoms with Gasteiger partial charge in [-0.2, -0.15) is 0 Å². The zero-order valence-electron chi connectivity index (χ0n) is 8.34. The Morgan fingerprint density at radius 2 is 1.92 bits per heavy atom. The molecular weight excluding hydrogens is 148 g/mol. The van der Waals surface area contributed by atoms with E-state index in [4.69, 9.17) is 5.73 Å². The van der Waals surface area contributed by atoms with E-state index in [0.717, 1.165) is 12.5 Å². The number of hydrogen-bond donors (Lipinski definition) is 2. The monoisotopic (exact) mass is 170 g/mol. The quantitative estimate of drug-likeness (QED) is 0.634. The second-order valence-corrected chi connectivity index (χ2v) is 3.86. The van der Waals surface area contributed by atoms with Crippen molar-refractivity contribution in [1.82, 2.24) is 5.32 Å². The maximum atomic E-state index is 5.71. The number of hydrogen-bond acceptors (Lipinski definition) is 2. The van der Waals surface area contributed by atoms with Crippen LogP contribution in [0.15, 0.2) is 0 Å². The van der Waals surface area contributed by atoms with Crippen LogP contribution in [0.2, 0.25) is 0 Å². The predicted octanol–water partition coefficient (Wildman–Crippen LogP) is 1.50. The summed E-state index contributed by atoms with van der Waals surface area (Å²) in [6.07, 6.45) is 5.21. The molecule has 1 unspecified atom stereocenters. The van der Waals surface area contributed by atoms with Gasteiger partial charge in [-0.15, -0.1) is 0 Å². The van der Waals surface area contributed by atoms with Crippen molar-refractivity contribution in [2.45, 2.75) is 51.6 Å². The fourth-order valence-electron chi connectivity index (χ4n) is 1.72. The van der Waals surface area contributed by atoms with E-state index >= 15 is 0 Å². The fourth-order valence-corrected chi connectivity index (χ4v) is 1.72. The van der Waals surface area contributed by atoms with E-state index in [1.54, 1.807) is 0 Å². The molecule has 0 spiro atoms. The molecular formula is C10H22N2. The highest BCUT2D eigenvalue weighted by Crippen LogP contribution is 2.32. The lowest BCUT2D eigenvalue weighted by Gasteiger charge is -2.22. The number of nitrogens with one attached hydrogen (secondary N) is 1. The first kappa shape index (κ1) is 10.0. The van der Waals surface area contributed by atoms with Crippen LogP contribution in [0.1, 0.15) is 39.5 Å². The van der Waals surface area contributed by atoms with Crippen molar-refractivity contribution >= 4 is 0 Å². The molecule has 1 saturated carbocycles. The molecule has 72 valence electrons. The Bertz CT molecular complexity index is 117. The van der Waals surface area contributed by atoms with Crippen LogP contribution in [0.5, 0.6) is 0 Å². The van der Waals surface area contributed by atoms with Crippen molar-refractivity contribution in [3.8, 4) is 0 Å². The standard InChI is InChI=1S/C10H22N2/c1-3-9(4-2)12-10(7-11)8-5-6-8/h8-10,12H,3-7,11H2,1-2H3. The van der Waals surface area contributed by atoms with Gasteiger partial charge in [0.15, 0.2) is 0 Å². The highest BCUT2D eigenvalue weighted by molar-refractivity contribution is 4.88. The molecule has 0 heterocycles. The van der Waals surface area contributed by atoms with Gasteiger partial charge in [0.25, 0.3) is 0 Å². The minimum atomic E-state index is 0.592. The lowest BCUT2D eigenvalue weighted by molar-refractivity contribution is 0.383. The third-order valence-electron chi connectivity index (χ3n) is 2.88. The minimum Gasteiger partial charge on any atom is -0.329 e. The molecule has 1 rings (SSSR count). The SMILES string of the molecule is CCC(CC)NC(CN)C1CC1. The fraction of sp³-hybridized carbons (Fsp3) is 1.00. The van der Waals surface area contributed by atoms with Crippen molar-refractivity contribution in [2.75, 3.05) is 6.54 Å². The lowest BCUT2D eigenvalue weighted by Crippen LogP contribution is -2.43. The largest absolute Gasteiger partial charge is 0.329 e. The van der Waals surface area contributed by atoms with Gasteiger partial charge in [-0.3, -0.25) is 0 Å². The van der Waals surface area contributed by atoms with Gasteiger partial charge >= 0.3 is 0 Å². The molecule has 2 heteroatoms. The van der Waals surface area contributed by atoms with Crippen LogP contribution in [-0.2, 0) is 0 Å². The first-order valence-electron chi connectivity index (χ1n) is 5.27. The maximum Gasteiger partial charge on any atom is 0.0221 e. The normalized spacial score (nSPS) is 20.0. The van der Waals surface area contributed by atoms with Crippen LogP contribution < -0.4 is 11.1 Å². The van der Waals surface area contributed by atoms with Gasteiger partial charge in [-0.1, -0.05) is 13.8 Å². The van der Waals surface area contributed by atoms with Gasteiger partial charge in [-0.05, 0) is 31.6 Å². The maximum absolute atomic E-state index is 5.71. The van der Waals surface area contributed by atoms with Gasteiger partial charge in [-0.25, -0.2) is 0 Å². The number of rotatable bonds is 6. The van der Waals surface area contributed by atoms with Crippen molar-refractivity contribution < 1.29 is 0 Å². The molecule has 0 aromatic carbocycles. The van der Waals surface area contributed by atoms with Crippen LogP contribution in [0.4, 0.5) is 0 Å². The van der Waals surface area contributed by atoms with Gasteiger partial charge in [0, 0.05) is 18.6 Å². The predicted molar refractivity (Wildman–Crippen MR) is 53.1 cm³/mol. The molecule has 0 saturated heterocycles. The Hall–Kier alpha value is -0.0800. The summed E-state index contributed by atoms with van der Waals surface area (Å²) >= 11 is 0.